The summed E-state index contributed by atoms with van der Waals surface area (Å²) in [5, 5.41) is 227. The number of carbonyl (C=O) groups excluding carboxylic acids is 4. The van der Waals surface area contributed by atoms with Crippen LogP contribution in [0.2, 0.25) is 0 Å². The van der Waals surface area contributed by atoms with Crippen LogP contribution in [0.3, 0.4) is 0 Å². The zero-order valence-electron chi connectivity index (χ0n) is 48.8. The second-order valence-corrected chi connectivity index (χ2v) is 22.4. The summed E-state index contributed by atoms with van der Waals surface area (Å²) in [5.74, 6) is -3.26. The number of hydrogen-bond donors (Lipinski definition) is 24. The van der Waals surface area contributed by atoms with Crippen molar-refractivity contribution in [3.05, 3.63) is 0 Å². The minimum atomic E-state index is -2.45. The third kappa shape index (κ3) is 17.7. The van der Waals surface area contributed by atoms with Crippen LogP contribution in [-0.4, -0.2) is 387 Å². The normalized spacial score (nSPS) is 43.9. The van der Waals surface area contributed by atoms with Crippen LogP contribution in [-0.2, 0) is 76.0 Å². The summed E-state index contributed by atoms with van der Waals surface area (Å²) in [4.78, 5) is 49.0. The standard InChI is InChI=1S/C50H86N4O36/c1-13(61)51-17(5-55)28(66)41(18(65)6-56)87-47-27(54-16(4)64)36(74)42(22(10-60)84-47)88-49-40(78)43(89-50-44(38(76)31(69)21(9-59)83-50)90-46-26(53-15(3)63)35(73)30(68)20(8-58)82-46)33(71)24(86-49)12-80-48-39(77)37(75)32(70)23(85-48)11-79-45-25(52-14(2)62)34(72)29(67)19(7-57)81-45/h17-50,55-60,65-78H,5-12H2,1-4H3,(H,51,61)(H,52,62)(H,53,63)(H,54,64)/t17-,18+,19+,20+,21+,22+,23+,24+,25+,26+,27+,28+,29+,30+,31+,32+,33+,34+,35+,36+,37-,38-,39-,40-,41+,42+,43-,44-,45+,46-,47-,48-,49-,50+/m0/s1. The van der Waals surface area contributed by atoms with Gasteiger partial charge in [0.05, 0.1) is 58.9 Å². The van der Waals surface area contributed by atoms with E-state index in [4.69, 9.17) is 56.8 Å². The lowest BCUT2D eigenvalue weighted by molar-refractivity contribution is -0.394. The molecule has 0 bridgehead atoms. The summed E-state index contributed by atoms with van der Waals surface area (Å²) < 4.78 is 70.2. The van der Waals surface area contributed by atoms with Crippen molar-refractivity contribution in [3.8, 4) is 0 Å². The number of carbonyl (C=O) groups is 4. The molecule has 24 N–H and O–H groups in total. The lowest BCUT2D eigenvalue weighted by Crippen LogP contribution is -2.70. The highest BCUT2D eigenvalue weighted by Crippen LogP contribution is 2.37. The van der Waals surface area contributed by atoms with E-state index in [9.17, 15) is 121 Å². The van der Waals surface area contributed by atoms with Crippen LogP contribution in [0.5, 0.6) is 0 Å². The molecule has 6 aliphatic heterocycles. The fourth-order valence-corrected chi connectivity index (χ4v) is 11.0. The van der Waals surface area contributed by atoms with Gasteiger partial charge in [0.2, 0.25) is 23.6 Å². The van der Waals surface area contributed by atoms with Crippen molar-refractivity contribution in [2.75, 3.05) is 52.9 Å². The molecule has 4 amide bonds. The molecule has 6 saturated heterocycles. The smallest absolute Gasteiger partial charge is 0.217 e. The maximum absolute atomic E-state index is 12.7. The highest BCUT2D eigenvalue weighted by Gasteiger charge is 2.58. The molecule has 40 nitrogen and oxygen atoms in total. The highest BCUT2D eigenvalue weighted by atomic mass is 16.8. The van der Waals surface area contributed by atoms with Gasteiger partial charge in [0.15, 0.2) is 37.7 Å². The molecular weight excluding hydrogens is 1230 g/mol. The monoisotopic (exact) mass is 1320 g/mol. The van der Waals surface area contributed by atoms with E-state index < -0.39 is 285 Å². The number of hydrogen-bond acceptors (Lipinski definition) is 36. The largest absolute Gasteiger partial charge is 0.394 e. The highest BCUT2D eigenvalue weighted by molar-refractivity contribution is 5.74. The number of aliphatic hydroxyl groups is 20. The Balaban J connectivity index is 1.34. The molecule has 0 radical (unpaired) electrons. The third-order valence-electron chi connectivity index (χ3n) is 15.8. The Labute approximate surface area is 511 Å². The van der Waals surface area contributed by atoms with E-state index in [-0.39, 0.29) is 0 Å². The van der Waals surface area contributed by atoms with Crippen molar-refractivity contribution in [1.29, 1.82) is 0 Å². The fourth-order valence-electron chi connectivity index (χ4n) is 11.0. The Morgan fingerprint density at radius 3 is 1.29 bits per heavy atom. The summed E-state index contributed by atoms with van der Waals surface area (Å²) in [6, 6.07) is -6.70. The Morgan fingerprint density at radius 1 is 0.378 bits per heavy atom. The topological polar surface area (TPSA) is 632 Å². The molecule has 6 heterocycles. The molecule has 0 aliphatic carbocycles. The van der Waals surface area contributed by atoms with E-state index in [2.05, 4.69) is 21.3 Å². The van der Waals surface area contributed by atoms with Crippen LogP contribution in [0.15, 0.2) is 0 Å². The number of ether oxygens (including phenoxy) is 12. The van der Waals surface area contributed by atoms with E-state index in [1.165, 1.54) is 0 Å². The lowest BCUT2D eigenvalue weighted by Gasteiger charge is -2.50. The van der Waals surface area contributed by atoms with Gasteiger partial charge in [-0.25, -0.2) is 0 Å². The Kier molecular flexibility index (Phi) is 28.4. The maximum atomic E-state index is 12.7. The number of nitrogens with one attached hydrogen (secondary N) is 4. The van der Waals surface area contributed by atoms with Crippen LogP contribution < -0.4 is 21.3 Å². The van der Waals surface area contributed by atoms with E-state index in [1.54, 1.807) is 0 Å². The number of aliphatic hydroxyl groups excluding tert-OH is 20. The molecule has 34 atom stereocenters. The van der Waals surface area contributed by atoms with Crippen molar-refractivity contribution in [1.82, 2.24) is 21.3 Å². The molecule has 0 aromatic carbocycles. The first-order valence-electron chi connectivity index (χ1n) is 28.5. The first kappa shape index (κ1) is 75.6. The van der Waals surface area contributed by atoms with Crippen LogP contribution in [0, 0.1) is 0 Å². The van der Waals surface area contributed by atoms with E-state index in [0.717, 1.165) is 27.7 Å². The van der Waals surface area contributed by atoms with Gasteiger partial charge in [0.25, 0.3) is 0 Å². The molecule has 6 aliphatic rings. The van der Waals surface area contributed by atoms with Gasteiger partial charge >= 0.3 is 0 Å². The third-order valence-corrected chi connectivity index (χ3v) is 15.8. The van der Waals surface area contributed by atoms with Gasteiger partial charge in [-0.3, -0.25) is 19.2 Å². The van der Waals surface area contributed by atoms with E-state index in [0.29, 0.717) is 0 Å². The number of amides is 4. The second-order valence-electron chi connectivity index (χ2n) is 22.4. The molecule has 0 spiro atoms. The van der Waals surface area contributed by atoms with Crippen LogP contribution in [0.1, 0.15) is 27.7 Å². The van der Waals surface area contributed by atoms with Crippen LogP contribution >= 0.6 is 0 Å². The van der Waals surface area contributed by atoms with Crippen LogP contribution in [0.25, 0.3) is 0 Å². The summed E-state index contributed by atoms with van der Waals surface area (Å²) in [5.41, 5.74) is 0. The predicted molar refractivity (Wildman–Crippen MR) is 280 cm³/mol. The Bertz CT molecular complexity index is 2260. The van der Waals surface area contributed by atoms with Gasteiger partial charge in [-0.15, -0.1) is 0 Å². The van der Waals surface area contributed by atoms with Gasteiger partial charge in [-0.2, -0.15) is 0 Å². The van der Waals surface area contributed by atoms with Gasteiger partial charge in [0, 0.05) is 27.7 Å². The van der Waals surface area contributed by atoms with Gasteiger partial charge in [-0.1, -0.05) is 0 Å². The first-order chi connectivity index (χ1) is 42.5. The minimum absolute atomic E-state index is 0.729. The molecule has 0 aromatic heterocycles. The zero-order valence-corrected chi connectivity index (χ0v) is 48.8. The van der Waals surface area contributed by atoms with Gasteiger partial charge in [-0.05, 0) is 0 Å². The summed E-state index contributed by atoms with van der Waals surface area (Å²) in [6.45, 7) is -4.04. The fraction of sp³-hybridized carbons (Fsp3) is 0.920. The maximum Gasteiger partial charge on any atom is 0.217 e. The molecule has 90 heavy (non-hydrogen) atoms. The number of rotatable bonds is 27. The summed E-state index contributed by atoms with van der Waals surface area (Å²) in [7, 11) is 0. The van der Waals surface area contributed by atoms with Gasteiger partial charge < -0.3 is 180 Å². The van der Waals surface area contributed by atoms with E-state index >= 15 is 0 Å². The van der Waals surface area contributed by atoms with E-state index in [1.807, 2.05) is 0 Å². The summed E-state index contributed by atoms with van der Waals surface area (Å²) in [6.07, 6.45) is -60.5. The van der Waals surface area contributed by atoms with Crippen molar-refractivity contribution in [3.63, 3.8) is 0 Å². The van der Waals surface area contributed by atoms with Crippen molar-refractivity contribution >= 4 is 23.6 Å². The van der Waals surface area contributed by atoms with Crippen molar-refractivity contribution in [2.45, 2.75) is 236 Å². The Morgan fingerprint density at radius 2 is 0.789 bits per heavy atom. The minimum Gasteiger partial charge on any atom is -0.394 e. The molecule has 522 valence electrons. The quantitative estimate of drug-likeness (QED) is 0.0363. The van der Waals surface area contributed by atoms with Crippen molar-refractivity contribution < 1.29 is 178 Å². The summed E-state index contributed by atoms with van der Waals surface area (Å²) >= 11 is 0. The molecular formula is C50H86N4O36. The molecule has 6 rings (SSSR count). The molecule has 0 saturated carbocycles. The average molecular weight is 1320 g/mol. The predicted octanol–water partition coefficient (Wildman–Crippen LogP) is -16.1. The molecule has 0 unspecified atom stereocenters. The average Bonchev–Trinajstić information content (AvgIpc) is 0.797. The first-order valence-corrected chi connectivity index (χ1v) is 28.5. The lowest BCUT2D eigenvalue weighted by atomic mass is 9.94. The molecule has 0 aromatic rings. The Hall–Kier alpha value is -3.40. The zero-order chi connectivity index (χ0) is 66.9. The molecule has 6 fully saturated rings. The SMILES string of the molecule is CC(=O)N[C@H]1[C@H](O[C@@H]([C@H](O)[C@H](CO)NC(C)=O)[C@H](O)CO)O[C@H](CO)[C@@H](O[C@@H]2O[C@H](CO[C@H]3O[C@H](CO[C@@H]4O[C@H](CO)[C@@H](O)[C@H](O)[C@H]4NC(C)=O)[C@@H](O)[C@H](O)[C@@H]3O)[C@@H](O)[C@H](O[C@H]3O[C@H](CO)[C@@H](O)[C@H](O)[C@@H]3O[C@@H]3O[C@H](CO)[C@@H](O)[C@H](O)[C@H]3NC(C)=O)[C@@H]2O)[C@@H]1O. The molecule has 40 heteroatoms. The second kappa shape index (κ2) is 33.8. The van der Waals surface area contributed by atoms with Crippen LogP contribution in [0.4, 0.5) is 0 Å². The van der Waals surface area contributed by atoms with Crippen molar-refractivity contribution in [2.24, 2.45) is 0 Å². The van der Waals surface area contributed by atoms with Gasteiger partial charge in [0.1, 0.15) is 165 Å².